The van der Waals surface area contributed by atoms with Gasteiger partial charge < -0.3 is 14.3 Å². The minimum Gasteiger partial charge on any atom is -0.491 e. The first-order chi connectivity index (χ1) is 9.26. The Balaban J connectivity index is 2.26. The lowest BCUT2D eigenvalue weighted by atomic mass is 10.3. The zero-order valence-corrected chi connectivity index (χ0v) is 12.0. The molecule has 19 heavy (non-hydrogen) atoms. The third kappa shape index (κ3) is 6.70. The van der Waals surface area contributed by atoms with Crippen LogP contribution in [0.5, 0.6) is 11.5 Å². The fourth-order valence-electron chi connectivity index (χ4n) is 1.31. The summed E-state index contributed by atoms with van der Waals surface area (Å²) >= 11 is 0. The molecule has 0 spiro atoms. The number of oxime groups is 1. The first-order valence-corrected chi connectivity index (χ1v) is 6.79. The fourth-order valence-corrected chi connectivity index (χ4v) is 1.31. The van der Waals surface area contributed by atoms with Gasteiger partial charge in [0.15, 0.2) is 6.61 Å². The Morgan fingerprint density at radius 3 is 2.42 bits per heavy atom. The Hall–Kier alpha value is -1.71. The van der Waals surface area contributed by atoms with Gasteiger partial charge in [-0.1, -0.05) is 19.0 Å². The summed E-state index contributed by atoms with van der Waals surface area (Å²) in [6.07, 6.45) is 3.82. The average molecular weight is 265 g/mol. The molecule has 0 bridgehead atoms. The average Bonchev–Trinajstić information content (AvgIpc) is 2.44. The Bertz CT molecular complexity index is 362. The molecule has 0 N–H and O–H groups in total. The van der Waals surface area contributed by atoms with E-state index in [1.165, 1.54) is 0 Å². The summed E-state index contributed by atoms with van der Waals surface area (Å²) in [6, 6.07) is 7.62. The second kappa shape index (κ2) is 9.25. The minimum absolute atomic E-state index is 0.233. The lowest BCUT2D eigenvalue weighted by Crippen LogP contribution is -2.09. The standard InChI is InChI=1S/C15H23NO3/c1-4-10-16-18-12-11-17-14-6-8-15(9-7-14)19-13(3)5-2/h6-10,13H,4-5,11-12H2,1-3H3/b16-10+. The maximum atomic E-state index is 5.69. The van der Waals surface area contributed by atoms with Gasteiger partial charge in [-0.3, -0.25) is 0 Å². The summed E-state index contributed by atoms with van der Waals surface area (Å²) in [5, 5.41) is 3.75. The molecule has 0 heterocycles. The van der Waals surface area contributed by atoms with Crippen molar-refractivity contribution in [2.45, 2.75) is 39.7 Å². The van der Waals surface area contributed by atoms with E-state index in [4.69, 9.17) is 14.3 Å². The summed E-state index contributed by atoms with van der Waals surface area (Å²) in [7, 11) is 0. The summed E-state index contributed by atoms with van der Waals surface area (Å²) in [5.74, 6) is 1.67. The molecular weight excluding hydrogens is 242 g/mol. The van der Waals surface area contributed by atoms with Gasteiger partial charge in [0.05, 0.1) is 6.10 Å². The SMILES string of the molecule is CC/C=N/OCCOc1ccc(OC(C)CC)cc1. The van der Waals surface area contributed by atoms with Crippen molar-refractivity contribution in [2.24, 2.45) is 5.16 Å². The smallest absolute Gasteiger partial charge is 0.151 e. The van der Waals surface area contributed by atoms with Gasteiger partial charge >= 0.3 is 0 Å². The van der Waals surface area contributed by atoms with Gasteiger partial charge in [0.1, 0.15) is 18.1 Å². The number of rotatable bonds is 9. The van der Waals surface area contributed by atoms with Crippen molar-refractivity contribution in [3.05, 3.63) is 24.3 Å². The highest BCUT2D eigenvalue weighted by Crippen LogP contribution is 2.19. The number of hydrogen-bond acceptors (Lipinski definition) is 4. The van der Waals surface area contributed by atoms with Crippen LogP contribution in [0.2, 0.25) is 0 Å². The Labute approximate surface area is 115 Å². The van der Waals surface area contributed by atoms with Crippen LogP contribution in [0, 0.1) is 0 Å². The Morgan fingerprint density at radius 1 is 1.11 bits per heavy atom. The Morgan fingerprint density at radius 2 is 1.79 bits per heavy atom. The van der Waals surface area contributed by atoms with E-state index in [2.05, 4.69) is 19.0 Å². The molecule has 0 saturated carbocycles. The molecule has 0 radical (unpaired) electrons. The van der Waals surface area contributed by atoms with E-state index >= 15 is 0 Å². The van der Waals surface area contributed by atoms with Crippen molar-refractivity contribution in [3.8, 4) is 11.5 Å². The van der Waals surface area contributed by atoms with E-state index in [1.54, 1.807) is 6.21 Å². The summed E-state index contributed by atoms with van der Waals surface area (Å²) < 4.78 is 11.2. The molecule has 4 heteroatoms. The fraction of sp³-hybridized carbons (Fsp3) is 0.533. The highest BCUT2D eigenvalue weighted by atomic mass is 16.6. The van der Waals surface area contributed by atoms with E-state index in [9.17, 15) is 0 Å². The predicted octanol–water partition coefficient (Wildman–Crippen LogP) is 3.66. The van der Waals surface area contributed by atoms with E-state index in [-0.39, 0.29) is 6.10 Å². The van der Waals surface area contributed by atoms with Gasteiger partial charge in [0, 0.05) is 6.21 Å². The van der Waals surface area contributed by atoms with Gasteiger partial charge in [0.2, 0.25) is 0 Å². The lowest BCUT2D eigenvalue weighted by molar-refractivity contribution is 0.108. The zero-order valence-electron chi connectivity index (χ0n) is 12.0. The molecule has 1 rings (SSSR count). The number of ether oxygens (including phenoxy) is 2. The van der Waals surface area contributed by atoms with E-state index in [0.29, 0.717) is 13.2 Å². The van der Waals surface area contributed by atoms with E-state index < -0.39 is 0 Å². The molecular formula is C15H23NO3. The molecule has 4 nitrogen and oxygen atoms in total. The molecule has 1 aromatic rings. The maximum absolute atomic E-state index is 5.69. The van der Waals surface area contributed by atoms with Crippen molar-refractivity contribution >= 4 is 6.21 Å². The first-order valence-electron chi connectivity index (χ1n) is 6.79. The largest absolute Gasteiger partial charge is 0.491 e. The maximum Gasteiger partial charge on any atom is 0.151 e. The van der Waals surface area contributed by atoms with Crippen LogP contribution in [0.15, 0.2) is 29.4 Å². The molecule has 1 aromatic carbocycles. The third-order valence-electron chi connectivity index (χ3n) is 2.51. The van der Waals surface area contributed by atoms with Crippen molar-refractivity contribution in [3.63, 3.8) is 0 Å². The highest BCUT2D eigenvalue weighted by molar-refractivity contribution is 5.55. The lowest BCUT2D eigenvalue weighted by Gasteiger charge is -2.13. The molecule has 1 unspecified atom stereocenters. The molecule has 0 fully saturated rings. The van der Waals surface area contributed by atoms with Crippen LogP contribution >= 0.6 is 0 Å². The second-order valence-corrected chi connectivity index (χ2v) is 4.19. The van der Waals surface area contributed by atoms with Gasteiger partial charge in [0.25, 0.3) is 0 Å². The van der Waals surface area contributed by atoms with Crippen LogP contribution in [-0.4, -0.2) is 25.5 Å². The van der Waals surface area contributed by atoms with Gasteiger partial charge in [-0.05, 0) is 44.0 Å². The van der Waals surface area contributed by atoms with Crippen LogP contribution in [0.25, 0.3) is 0 Å². The summed E-state index contributed by atoms with van der Waals surface area (Å²) in [5.41, 5.74) is 0. The number of benzene rings is 1. The van der Waals surface area contributed by atoms with Crippen molar-refractivity contribution in [1.29, 1.82) is 0 Å². The van der Waals surface area contributed by atoms with E-state index in [0.717, 1.165) is 24.3 Å². The molecule has 1 atom stereocenters. The Kier molecular flexibility index (Phi) is 7.47. The molecule has 0 aliphatic carbocycles. The van der Waals surface area contributed by atoms with Crippen molar-refractivity contribution in [2.75, 3.05) is 13.2 Å². The van der Waals surface area contributed by atoms with Crippen LogP contribution in [0.3, 0.4) is 0 Å². The number of nitrogens with zero attached hydrogens (tertiary/aromatic N) is 1. The van der Waals surface area contributed by atoms with Crippen molar-refractivity contribution in [1.82, 2.24) is 0 Å². The number of hydrogen-bond donors (Lipinski definition) is 0. The molecule has 0 amide bonds. The second-order valence-electron chi connectivity index (χ2n) is 4.19. The van der Waals surface area contributed by atoms with E-state index in [1.807, 2.05) is 31.2 Å². The quantitative estimate of drug-likeness (QED) is 0.388. The minimum atomic E-state index is 0.233. The highest BCUT2D eigenvalue weighted by Gasteiger charge is 2.01. The first kappa shape index (κ1) is 15.3. The zero-order chi connectivity index (χ0) is 13.9. The van der Waals surface area contributed by atoms with Crippen LogP contribution in [0.1, 0.15) is 33.6 Å². The summed E-state index contributed by atoms with van der Waals surface area (Å²) in [4.78, 5) is 5.01. The van der Waals surface area contributed by atoms with Gasteiger partial charge in [-0.15, -0.1) is 0 Å². The van der Waals surface area contributed by atoms with Crippen LogP contribution < -0.4 is 9.47 Å². The molecule has 0 aromatic heterocycles. The molecule has 106 valence electrons. The van der Waals surface area contributed by atoms with Gasteiger partial charge in [-0.25, -0.2) is 0 Å². The third-order valence-corrected chi connectivity index (χ3v) is 2.51. The predicted molar refractivity (Wildman–Crippen MR) is 77.1 cm³/mol. The van der Waals surface area contributed by atoms with Crippen LogP contribution in [0.4, 0.5) is 0 Å². The summed E-state index contributed by atoms with van der Waals surface area (Å²) in [6.45, 7) is 7.09. The molecule has 0 aliphatic heterocycles. The monoisotopic (exact) mass is 265 g/mol. The topological polar surface area (TPSA) is 40.0 Å². The van der Waals surface area contributed by atoms with Crippen LogP contribution in [-0.2, 0) is 4.84 Å². The van der Waals surface area contributed by atoms with Gasteiger partial charge in [-0.2, -0.15) is 0 Å². The molecule has 0 aliphatic rings. The molecule has 0 saturated heterocycles. The normalized spacial score (nSPS) is 12.4. The van der Waals surface area contributed by atoms with Crippen molar-refractivity contribution < 1.29 is 14.3 Å².